The summed E-state index contributed by atoms with van der Waals surface area (Å²) in [5.41, 5.74) is 3.40. The number of hydrogen-bond acceptors (Lipinski definition) is 2. The van der Waals surface area contributed by atoms with E-state index in [1.54, 1.807) is 6.07 Å². The Morgan fingerprint density at radius 1 is 1.33 bits per heavy atom. The van der Waals surface area contributed by atoms with E-state index in [4.69, 9.17) is 6.42 Å². The van der Waals surface area contributed by atoms with Crippen LogP contribution < -0.4 is 4.80 Å². The van der Waals surface area contributed by atoms with Gasteiger partial charge in [0.2, 0.25) is 0 Å². The third kappa shape index (κ3) is 3.01. The number of amides is 1. The second-order valence-electron chi connectivity index (χ2n) is 5.53. The smallest absolute Gasteiger partial charge is 0.279 e. The Balaban J connectivity index is 2.21. The van der Waals surface area contributed by atoms with Crippen LogP contribution in [0.2, 0.25) is 0 Å². The lowest BCUT2D eigenvalue weighted by molar-refractivity contribution is 0.0997. The number of hydrogen-bond donors (Lipinski definition) is 0. The number of thiazole rings is 1. The molecule has 120 valence electrons. The van der Waals surface area contributed by atoms with Crippen molar-refractivity contribution in [2.45, 2.75) is 20.4 Å². The van der Waals surface area contributed by atoms with Crippen LogP contribution in [0.5, 0.6) is 0 Å². The van der Waals surface area contributed by atoms with Crippen LogP contribution in [0.1, 0.15) is 21.5 Å². The molecule has 0 saturated heterocycles. The number of benzene rings is 2. The Bertz CT molecular complexity index is 1050. The number of rotatable bonds is 2. The van der Waals surface area contributed by atoms with Gasteiger partial charge in [-0.1, -0.05) is 29.4 Å². The van der Waals surface area contributed by atoms with E-state index in [0.717, 1.165) is 21.3 Å². The summed E-state index contributed by atoms with van der Waals surface area (Å²) in [7, 11) is 0. The van der Waals surface area contributed by atoms with Gasteiger partial charge in [0.25, 0.3) is 5.91 Å². The summed E-state index contributed by atoms with van der Waals surface area (Å²) >= 11 is 1.41. The SMILES string of the molecule is C#CCn1c(=NC(=O)c2cccc(F)c2)sc2c(C)cc(C)cc21. The van der Waals surface area contributed by atoms with Crippen LogP contribution in [0.3, 0.4) is 0 Å². The number of halogens is 1. The maximum Gasteiger partial charge on any atom is 0.279 e. The summed E-state index contributed by atoms with van der Waals surface area (Å²) < 4.78 is 16.2. The van der Waals surface area contributed by atoms with Crippen molar-refractivity contribution in [1.82, 2.24) is 4.57 Å². The Morgan fingerprint density at radius 2 is 2.12 bits per heavy atom. The molecule has 0 aliphatic carbocycles. The molecule has 0 bridgehead atoms. The molecule has 3 rings (SSSR count). The number of terminal acetylenes is 1. The predicted molar refractivity (Wildman–Crippen MR) is 94.4 cm³/mol. The molecule has 5 heteroatoms. The average molecular weight is 338 g/mol. The zero-order valence-electron chi connectivity index (χ0n) is 13.3. The summed E-state index contributed by atoms with van der Waals surface area (Å²) in [6, 6.07) is 9.62. The normalized spacial score (nSPS) is 11.7. The first-order valence-electron chi connectivity index (χ1n) is 7.38. The van der Waals surface area contributed by atoms with E-state index in [1.165, 1.54) is 29.5 Å². The third-order valence-corrected chi connectivity index (χ3v) is 4.86. The average Bonchev–Trinajstić information content (AvgIpc) is 2.86. The summed E-state index contributed by atoms with van der Waals surface area (Å²) in [6.45, 7) is 4.35. The third-order valence-electron chi connectivity index (χ3n) is 3.63. The Labute approximate surface area is 143 Å². The fourth-order valence-corrected chi connectivity index (χ4v) is 3.69. The van der Waals surface area contributed by atoms with E-state index in [0.29, 0.717) is 11.3 Å². The highest BCUT2D eigenvalue weighted by Gasteiger charge is 2.11. The van der Waals surface area contributed by atoms with Gasteiger partial charge in [-0.3, -0.25) is 4.79 Å². The highest BCUT2D eigenvalue weighted by atomic mass is 32.1. The van der Waals surface area contributed by atoms with Crippen molar-refractivity contribution in [3.63, 3.8) is 0 Å². The molecule has 0 N–H and O–H groups in total. The van der Waals surface area contributed by atoms with Gasteiger partial charge in [-0.05, 0) is 49.2 Å². The van der Waals surface area contributed by atoms with Gasteiger partial charge in [-0.15, -0.1) is 6.42 Å². The minimum Gasteiger partial charge on any atom is -0.305 e. The number of aryl methyl sites for hydroxylation is 2. The van der Waals surface area contributed by atoms with Crippen LogP contribution in [0.25, 0.3) is 10.2 Å². The van der Waals surface area contributed by atoms with Gasteiger partial charge in [0, 0.05) is 5.56 Å². The molecule has 0 unspecified atom stereocenters. The topological polar surface area (TPSA) is 34.4 Å². The van der Waals surface area contributed by atoms with Gasteiger partial charge in [0.1, 0.15) is 5.82 Å². The number of carbonyl (C=O) groups is 1. The Kier molecular flexibility index (Phi) is 4.32. The van der Waals surface area contributed by atoms with Gasteiger partial charge in [-0.2, -0.15) is 4.99 Å². The molecule has 0 radical (unpaired) electrons. The maximum atomic E-state index is 13.3. The molecule has 3 aromatic rings. The monoisotopic (exact) mass is 338 g/mol. The van der Waals surface area contributed by atoms with Crippen LogP contribution in [-0.2, 0) is 6.54 Å². The Hall–Kier alpha value is -2.71. The molecule has 0 spiro atoms. The fraction of sp³-hybridized carbons (Fsp3) is 0.158. The summed E-state index contributed by atoms with van der Waals surface area (Å²) in [6.07, 6.45) is 5.48. The number of fused-ring (bicyclic) bond motifs is 1. The quantitative estimate of drug-likeness (QED) is 0.654. The fourth-order valence-electron chi connectivity index (χ4n) is 2.61. The van der Waals surface area contributed by atoms with Gasteiger partial charge < -0.3 is 4.57 Å². The minimum atomic E-state index is -0.485. The van der Waals surface area contributed by atoms with E-state index in [2.05, 4.69) is 17.0 Å². The van der Waals surface area contributed by atoms with Crippen molar-refractivity contribution < 1.29 is 9.18 Å². The van der Waals surface area contributed by atoms with Gasteiger partial charge >= 0.3 is 0 Å². The zero-order chi connectivity index (χ0) is 17.3. The van der Waals surface area contributed by atoms with Gasteiger partial charge in [-0.25, -0.2) is 4.39 Å². The molecule has 0 aliphatic heterocycles. The summed E-state index contributed by atoms with van der Waals surface area (Å²) in [4.78, 5) is 17.1. The lowest BCUT2D eigenvalue weighted by Gasteiger charge is -2.02. The number of carbonyl (C=O) groups excluding carboxylic acids is 1. The highest BCUT2D eigenvalue weighted by molar-refractivity contribution is 7.16. The largest absolute Gasteiger partial charge is 0.305 e. The summed E-state index contributed by atoms with van der Waals surface area (Å²) in [5, 5.41) is 0. The first-order valence-corrected chi connectivity index (χ1v) is 8.20. The second kappa shape index (κ2) is 6.42. The first-order chi connectivity index (χ1) is 11.5. The minimum absolute atomic E-state index is 0.215. The Morgan fingerprint density at radius 3 is 2.83 bits per heavy atom. The van der Waals surface area contributed by atoms with Crippen LogP contribution in [-0.4, -0.2) is 10.5 Å². The molecule has 0 saturated carbocycles. The molecule has 1 amide bonds. The van der Waals surface area contributed by atoms with Crippen LogP contribution >= 0.6 is 11.3 Å². The van der Waals surface area contributed by atoms with E-state index in [-0.39, 0.29) is 5.56 Å². The van der Waals surface area contributed by atoms with Crippen molar-refractivity contribution in [3.05, 3.63) is 63.7 Å². The number of nitrogens with zero attached hydrogens (tertiary/aromatic N) is 2. The van der Waals surface area contributed by atoms with Crippen molar-refractivity contribution in [2.75, 3.05) is 0 Å². The van der Waals surface area contributed by atoms with Crippen molar-refractivity contribution in [3.8, 4) is 12.3 Å². The lowest BCUT2D eigenvalue weighted by Crippen LogP contribution is -2.16. The molecule has 0 aliphatic rings. The molecule has 24 heavy (non-hydrogen) atoms. The van der Waals surface area contributed by atoms with Crippen molar-refractivity contribution >= 4 is 27.5 Å². The molecular formula is C19H15FN2OS. The van der Waals surface area contributed by atoms with E-state index in [1.807, 2.05) is 24.5 Å². The van der Waals surface area contributed by atoms with Crippen molar-refractivity contribution in [2.24, 2.45) is 4.99 Å². The van der Waals surface area contributed by atoms with E-state index < -0.39 is 11.7 Å². The van der Waals surface area contributed by atoms with Crippen molar-refractivity contribution in [1.29, 1.82) is 0 Å². The maximum absolute atomic E-state index is 13.3. The molecule has 1 aromatic heterocycles. The molecule has 3 nitrogen and oxygen atoms in total. The second-order valence-corrected chi connectivity index (χ2v) is 6.51. The molecule has 0 fully saturated rings. The molecule has 0 atom stereocenters. The molecule has 2 aromatic carbocycles. The van der Waals surface area contributed by atoms with Gasteiger partial charge in [0.15, 0.2) is 4.80 Å². The lowest BCUT2D eigenvalue weighted by atomic mass is 10.1. The van der Waals surface area contributed by atoms with Crippen LogP contribution in [0.15, 0.2) is 41.4 Å². The number of aromatic nitrogens is 1. The van der Waals surface area contributed by atoms with E-state index in [9.17, 15) is 9.18 Å². The molecular weight excluding hydrogens is 323 g/mol. The first kappa shape index (κ1) is 16.2. The predicted octanol–water partition coefficient (Wildman–Crippen LogP) is 3.83. The molecule has 1 heterocycles. The van der Waals surface area contributed by atoms with Gasteiger partial charge in [0.05, 0.1) is 16.8 Å². The van der Waals surface area contributed by atoms with Crippen LogP contribution in [0, 0.1) is 32.0 Å². The standard InChI is InChI=1S/C19H15FN2OS/c1-4-8-22-16-10-12(2)9-13(3)17(16)24-19(22)21-18(23)14-6-5-7-15(20)11-14/h1,5-7,9-11H,8H2,2-3H3. The van der Waals surface area contributed by atoms with E-state index >= 15 is 0 Å². The highest BCUT2D eigenvalue weighted by Crippen LogP contribution is 2.23. The summed E-state index contributed by atoms with van der Waals surface area (Å²) in [5.74, 6) is 1.65. The zero-order valence-corrected chi connectivity index (χ0v) is 14.2. The van der Waals surface area contributed by atoms with Crippen LogP contribution in [0.4, 0.5) is 4.39 Å².